The van der Waals surface area contributed by atoms with Crippen LogP contribution in [0.15, 0.2) is 30.3 Å². The quantitative estimate of drug-likeness (QED) is 0.817. The lowest BCUT2D eigenvalue weighted by Gasteiger charge is -2.40. The molecule has 1 nitrogen and oxygen atoms in total. The maximum atomic E-state index is 3.83. The average Bonchev–Trinajstić information content (AvgIpc) is 2.33. The van der Waals surface area contributed by atoms with Crippen molar-refractivity contribution in [3.8, 4) is 0 Å². The normalized spacial score (nSPS) is 25.5. The predicted octanol–water partition coefficient (Wildman–Crippen LogP) is 4.31. The van der Waals surface area contributed by atoms with Crippen LogP contribution in [0.3, 0.4) is 0 Å². The molecule has 2 atom stereocenters. The van der Waals surface area contributed by atoms with Gasteiger partial charge in [-0.1, -0.05) is 57.0 Å². The van der Waals surface area contributed by atoms with Crippen LogP contribution in [0.5, 0.6) is 0 Å². The van der Waals surface area contributed by atoms with Gasteiger partial charge < -0.3 is 5.32 Å². The molecule has 1 N–H and O–H groups in total. The van der Waals surface area contributed by atoms with E-state index < -0.39 is 0 Å². The molecule has 0 spiro atoms. The lowest BCUT2D eigenvalue weighted by molar-refractivity contribution is 0.157. The molecule has 0 radical (unpaired) electrons. The van der Waals surface area contributed by atoms with E-state index in [1.165, 1.54) is 31.2 Å². The number of hydrogen-bond donors (Lipinski definition) is 1. The van der Waals surface area contributed by atoms with E-state index >= 15 is 0 Å². The topological polar surface area (TPSA) is 12.0 Å². The lowest BCUT2D eigenvalue weighted by atomic mass is 9.73. The van der Waals surface area contributed by atoms with Gasteiger partial charge in [0, 0.05) is 12.1 Å². The maximum Gasteiger partial charge on any atom is 0.0294 e. The third kappa shape index (κ3) is 3.10. The summed E-state index contributed by atoms with van der Waals surface area (Å²) >= 11 is 0. The molecule has 0 bridgehead atoms. The number of benzene rings is 1. The molecule has 1 heteroatoms. The fourth-order valence-corrected chi connectivity index (χ4v) is 2.94. The molecule has 1 aliphatic rings. The largest absolute Gasteiger partial charge is 0.307 e. The smallest absolute Gasteiger partial charge is 0.0294 e. The van der Waals surface area contributed by atoms with Crippen molar-refractivity contribution in [2.24, 2.45) is 5.41 Å². The fourth-order valence-electron chi connectivity index (χ4n) is 2.94. The van der Waals surface area contributed by atoms with Gasteiger partial charge in [0.25, 0.3) is 0 Å². The maximum absolute atomic E-state index is 3.83. The molecule has 0 heterocycles. The molecule has 1 fully saturated rings. The van der Waals surface area contributed by atoms with Crippen LogP contribution in [0.1, 0.15) is 58.1 Å². The van der Waals surface area contributed by atoms with Crippen molar-refractivity contribution in [3.63, 3.8) is 0 Å². The third-order valence-corrected chi connectivity index (χ3v) is 4.26. The first kappa shape index (κ1) is 12.6. The molecule has 1 aromatic rings. The van der Waals surface area contributed by atoms with Gasteiger partial charge in [0.15, 0.2) is 0 Å². The highest BCUT2D eigenvalue weighted by Gasteiger charge is 2.32. The molecular formula is C16H25N. The average molecular weight is 231 g/mol. The van der Waals surface area contributed by atoms with Gasteiger partial charge in [-0.15, -0.1) is 0 Å². The number of nitrogens with one attached hydrogen (secondary N) is 1. The standard InChI is InChI=1S/C16H25N/c1-13(14-9-5-4-6-10-14)17-15-11-7-8-12-16(15,2)3/h4-6,9-10,13,15,17H,7-8,11-12H2,1-3H3/t13-,15?/m0/s1. The lowest BCUT2D eigenvalue weighted by Crippen LogP contribution is -2.45. The second-order valence-corrected chi connectivity index (χ2v) is 6.09. The predicted molar refractivity (Wildman–Crippen MR) is 74.0 cm³/mol. The van der Waals surface area contributed by atoms with Crippen LogP contribution >= 0.6 is 0 Å². The minimum atomic E-state index is 0.446. The molecule has 0 amide bonds. The fraction of sp³-hybridized carbons (Fsp3) is 0.625. The van der Waals surface area contributed by atoms with E-state index in [0.29, 0.717) is 17.5 Å². The Kier molecular flexibility index (Phi) is 3.88. The molecule has 1 saturated carbocycles. The van der Waals surface area contributed by atoms with E-state index in [9.17, 15) is 0 Å². The Morgan fingerprint density at radius 3 is 2.53 bits per heavy atom. The Morgan fingerprint density at radius 2 is 1.88 bits per heavy atom. The van der Waals surface area contributed by atoms with Crippen molar-refractivity contribution < 1.29 is 0 Å². The number of hydrogen-bond acceptors (Lipinski definition) is 1. The Labute approximate surface area is 106 Å². The van der Waals surface area contributed by atoms with Crippen LogP contribution in [0, 0.1) is 5.41 Å². The van der Waals surface area contributed by atoms with Crippen molar-refractivity contribution in [2.75, 3.05) is 0 Å². The molecule has 1 aliphatic carbocycles. The van der Waals surface area contributed by atoms with Gasteiger partial charge in [-0.2, -0.15) is 0 Å². The minimum Gasteiger partial charge on any atom is -0.307 e. The Morgan fingerprint density at radius 1 is 1.18 bits per heavy atom. The van der Waals surface area contributed by atoms with E-state index in [1.54, 1.807) is 0 Å². The summed E-state index contributed by atoms with van der Waals surface area (Å²) in [6, 6.07) is 11.9. The van der Waals surface area contributed by atoms with Gasteiger partial charge in [0.05, 0.1) is 0 Å². The minimum absolute atomic E-state index is 0.446. The Hall–Kier alpha value is -0.820. The molecule has 1 aromatic carbocycles. The van der Waals surface area contributed by atoms with E-state index in [4.69, 9.17) is 0 Å². The van der Waals surface area contributed by atoms with Crippen molar-refractivity contribution in [3.05, 3.63) is 35.9 Å². The zero-order valence-corrected chi connectivity index (χ0v) is 11.4. The summed E-state index contributed by atoms with van der Waals surface area (Å²) in [6.07, 6.45) is 5.45. The second kappa shape index (κ2) is 5.22. The van der Waals surface area contributed by atoms with Gasteiger partial charge in [-0.3, -0.25) is 0 Å². The summed E-state index contributed by atoms with van der Waals surface area (Å²) in [5.41, 5.74) is 1.84. The molecule has 94 valence electrons. The monoisotopic (exact) mass is 231 g/mol. The van der Waals surface area contributed by atoms with Gasteiger partial charge in [-0.25, -0.2) is 0 Å². The Balaban J connectivity index is 2.00. The zero-order chi connectivity index (χ0) is 12.3. The third-order valence-electron chi connectivity index (χ3n) is 4.26. The van der Waals surface area contributed by atoms with Crippen LogP contribution in [-0.4, -0.2) is 6.04 Å². The van der Waals surface area contributed by atoms with Crippen LogP contribution in [0.4, 0.5) is 0 Å². The molecule has 17 heavy (non-hydrogen) atoms. The van der Waals surface area contributed by atoms with E-state index in [0.717, 1.165) is 0 Å². The summed E-state index contributed by atoms with van der Waals surface area (Å²) < 4.78 is 0. The first-order chi connectivity index (χ1) is 8.09. The van der Waals surface area contributed by atoms with Crippen molar-refractivity contribution >= 4 is 0 Å². The van der Waals surface area contributed by atoms with E-state index in [2.05, 4.69) is 56.4 Å². The molecule has 0 saturated heterocycles. The molecule has 0 aliphatic heterocycles. The van der Waals surface area contributed by atoms with Crippen molar-refractivity contribution in [1.82, 2.24) is 5.32 Å². The highest BCUT2D eigenvalue weighted by Crippen LogP contribution is 2.36. The Bertz CT molecular complexity index is 342. The van der Waals surface area contributed by atoms with Crippen molar-refractivity contribution in [1.29, 1.82) is 0 Å². The summed E-state index contributed by atoms with van der Waals surface area (Å²) in [4.78, 5) is 0. The van der Waals surface area contributed by atoms with Gasteiger partial charge in [0.2, 0.25) is 0 Å². The highest BCUT2D eigenvalue weighted by atomic mass is 15.0. The first-order valence-electron chi connectivity index (χ1n) is 6.90. The van der Waals surface area contributed by atoms with Gasteiger partial charge in [0.1, 0.15) is 0 Å². The van der Waals surface area contributed by atoms with Crippen molar-refractivity contribution in [2.45, 2.75) is 58.5 Å². The number of rotatable bonds is 3. The molecule has 2 rings (SSSR count). The van der Waals surface area contributed by atoms with Crippen LogP contribution in [0.25, 0.3) is 0 Å². The molecular weight excluding hydrogens is 206 g/mol. The molecule has 1 unspecified atom stereocenters. The van der Waals surface area contributed by atoms with Crippen LogP contribution in [-0.2, 0) is 0 Å². The summed E-state index contributed by atoms with van der Waals surface area (Å²) in [7, 11) is 0. The van der Waals surface area contributed by atoms with Gasteiger partial charge >= 0.3 is 0 Å². The zero-order valence-electron chi connectivity index (χ0n) is 11.4. The summed E-state index contributed by atoms with van der Waals surface area (Å²) in [5.74, 6) is 0. The highest BCUT2D eigenvalue weighted by molar-refractivity contribution is 5.18. The molecule has 0 aromatic heterocycles. The van der Waals surface area contributed by atoms with Crippen LogP contribution < -0.4 is 5.32 Å². The van der Waals surface area contributed by atoms with Gasteiger partial charge in [-0.05, 0) is 30.7 Å². The van der Waals surface area contributed by atoms with Crippen LogP contribution in [0.2, 0.25) is 0 Å². The van der Waals surface area contributed by atoms with E-state index in [1.807, 2.05) is 0 Å². The summed E-state index contributed by atoms with van der Waals surface area (Å²) in [6.45, 7) is 7.09. The van der Waals surface area contributed by atoms with E-state index in [-0.39, 0.29) is 0 Å². The SMILES string of the molecule is C[C@H](NC1CCCCC1(C)C)c1ccccc1. The first-order valence-corrected chi connectivity index (χ1v) is 6.90. The second-order valence-electron chi connectivity index (χ2n) is 6.09. The summed E-state index contributed by atoms with van der Waals surface area (Å²) in [5, 5.41) is 3.83.